The molecule has 0 spiro atoms. The molecule has 1 atom stereocenters. The first-order valence-electron chi connectivity index (χ1n) is 8.05. The summed E-state index contributed by atoms with van der Waals surface area (Å²) in [6, 6.07) is 9.22. The van der Waals surface area contributed by atoms with Gasteiger partial charge < -0.3 is 5.11 Å². The van der Waals surface area contributed by atoms with Gasteiger partial charge in [0, 0.05) is 19.6 Å². The van der Waals surface area contributed by atoms with Crippen LogP contribution in [-0.2, 0) is 15.0 Å². The van der Waals surface area contributed by atoms with Crippen molar-refractivity contribution in [3.63, 3.8) is 0 Å². The molecule has 1 N–H and O–H groups in total. The molecule has 23 heavy (non-hydrogen) atoms. The molecule has 0 bridgehead atoms. The molecule has 3 rings (SSSR count). The molecule has 0 radical (unpaired) electrons. The number of nitrogens with zero attached hydrogens (tertiary/aromatic N) is 2. The first kappa shape index (κ1) is 16.4. The molecule has 2 saturated heterocycles. The monoisotopic (exact) mass is 338 g/mol. The van der Waals surface area contributed by atoms with E-state index in [-0.39, 0.29) is 0 Å². The molecule has 1 aromatic rings. The second kappa shape index (κ2) is 6.59. The van der Waals surface area contributed by atoms with Crippen LogP contribution in [0.15, 0.2) is 30.3 Å². The minimum atomic E-state index is -3.68. The highest BCUT2D eigenvalue weighted by atomic mass is 32.2. The van der Waals surface area contributed by atoms with E-state index in [9.17, 15) is 18.3 Å². The van der Waals surface area contributed by atoms with Crippen LogP contribution in [0, 0.1) is 0 Å². The van der Waals surface area contributed by atoms with Gasteiger partial charge in [0.2, 0.25) is 0 Å². The molecule has 1 unspecified atom stereocenters. The molecule has 2 aliphatic rings. The van der Waals surface area contributed by atoms with Gasteiger partial charge in [-0.3, -0.25) is 4.79 Å². The number of carboxylic acid groups (broad SMARTS) is 1. The van der Waals surface area contributed by atoms with Crippen molar-refractivity contribution in [3.8, 4) is 0 Å². The Morgan fingerprint density at radius 1 is 1.04 bits per heavy atom. The Morgan fingerprint density at radius 3 is 2.30 bits per heavy atom. The number of rotatable bonds is 4. The third-order valence-electron chi connectivity index (χ3n) is 4.84. The van der Waals surface area contributed by atoms with Crippen LogP contribution in [0.25, 0.3) is 0 Å². The molecule has 2 aliphatic heterocycles. The molecular formula is C16H22N2O4S. The summed E-state index contributed by atoms with van der Waals surface area (Å²) >= 11 is 0. The van der Waals surface area contributed by atoms with E-state index in [0.717, 1.165) is 17.1 Å². The van der Waals surface area contributed by atoms with E-state index in [4.69, 9.17) is 0 Å². The maximum absolute atomic E-state index is 12.7. The average molecular weight is 338 g/mol. The van der Waals surface area contributed by atoms with Gasteiger partial charge in [0.1, 0.15) is 6.04 Å². The van der Waals surface area contributed by atoms with Crippen LogP contribution in [0.5, 0.6) is 0 Å². The highest BCUT2D eigenvalue weighted by Crippen LogP contribution is 2.31. The Bertz CT molecular complexity index is 654. The summed E-state index contributed by atoms with van der Waals surface area (Å²) in [5.74, 6) is -0.679. The number of hydrogen-bond acceptors (Lipinski definition) is 3. The number of piperidine rings is 1. The van der Waals surface area contributed by atoms with Gasteiger partial charge in [-0.25, -0.2) is 0 Å². The van der Waals surface area contributed by atoms with Crippen molar-refractivity contribution in [1.82, 2.24) is 8.61 Å². The van der Waals surface area contributed by atoms with Crippen molar-refractivity contribution < 1.29 is 18.3 Å². The zero-order valence-electron chi connectivity index (χ0n) is 13.0. The number of benzene rings is 1. The second-order valence-electron chi connectivity index (χ2n) is 6.20. The minimum Gasteiger partial charge on any atom is -0.480 e. The van der Waals surface area contributed by atoms with E-state index in [1.807, 2.05) is 18.2 Å². The molecule has 0 saturated carbocycles. The minimum absolute atomic E-state index is 0.303. The van der Waals surface area contributed by atoms with Crippen LogP contribution < -0.4 is 0 Å². The third-order valence-corrected chi connectivity index (χ3v) is 6.88. The van der Waals surface area contributed by atoms with E-state index in [0.29, 0.717) is 38.4 Å². The van der Waals surface area contributed by atoms with Crippen LogP contribution in [0.4, 0.5) is 0 Å². The summed E-state index contributed by atoms with van der Waals surface area (Å²) in [6.07, 6.45) is 2.55. The Hall–Kier alpha value is -1.44. The standard InChI is InChI=1S/C16H22N2O4S/c19-16(20)15-7-4-10-18(15)23(21,22)17-11-8-14(9-12-17)13-5-2-1-3-6-13/h1-3,5-6,14-15H,4,7-12H2,(H,19,20). The van der Waals surface area contributed by atoms with Gasteiger partial charge in [-0.15, -0.1) is 0 Å². The molecule has 1 aromatic carbocycles. The van der Waals surface area contributed by atoms with Gasteiger partial charge in [0.05, 0.1) is 0 Å². The predicted molar refractivity (Wildman–Crippen MR) is 86.3 cm³/mol. The number of carboxylic acids is 1. The highest BCUT2D eigenvalue weighted by molar-refractivity contribution is 7.86. The third kappa shape index (κ3) is 3.27. The molecule has 2 fully saturated rings. The normalized spacial score (nSPS) is 24.8. The number of hydrogen-bond donors (Lipinski definition) is 1. The largest absolute Gasteiger partial charge is 0.480 e. The summed E-state index contributed by atoms with van der Waals surface area (Å²) in [5, 5.41) is 9.21. The van der Waals surface area contributed by atoms with Gasteiger partial charge in [-0.2, -0.15) is 17.0 Å². The Balaban J connectivity index is 1.68. The molecule has 0 aliphatic carbocycles. The zero-order chi connectivity index (χ0) is 16.4. The topological polar surface area (TPSA) is 77.9 Å². The van der Waals surface area contributed by atoms with E-state index in [1.54, 1.807) is 0 Å². The fourth-order valence-corrected chi connectivity index (χ4v) is 5.40. The Kier molecular flexibility index (Phi) is 4.70. The maximum atomic E-state index is 12.7. The van der Waals surface area contributed by atoms with E-state index < -0.39 is 22.2 Å². The quantitative estimate of drug-likeness (QED) is 0.906. The lowest BCUT2D eigenvalue weighted by molar-refractivity contribution is -0.140. The smallest absolute Gasteiger partial charge is 0.322 e. The van der Waals surface area contributed by atoms with Crippen molar-refractivity contribution in [2.24, 2.45) is 0 Å². The molecule has 0 amide bonds. The molecule has 126 valence electrons. The fraction of sp³-hybridized carbons (Fsp3) is 0.562. The predicted octanol–water partition coefficient (Wildman–Crippen LogP) is 1.66. The van der Waals surface area contributed by atoms with Crippen LogP contribution in [0.3, 0.4) is 0 Å². The molecule has 2 heterocycles. The van der Waals surface area contributed by atoms with Gasteiger partial charge in [-0.05, 0) is 37.2 Å². The molecular weight excluding hydrogens is 316 g/mol. The van der Waals surface area contributed by atoms with E-state index >= 15 is 0 Å². The van der Waals surface area contributed by atoms with E-state index in [1.165, 1.54) is 9.87 Å². The van der Waals surface area contributed by atoms with Crippen molar-refractivity contribution >= 4 is 16.2 Å². The molecule has 6 nitrogen and oxygen atoms in total. The highest BCUT2D eigenvalue weighted by Gasteiger charge is 2.42. The zero-order valence-corrected chi connectivity index (χ0v) is 13.8. The second-order valence-corrected chi connectivity index (χ2v) is 8.08. The van der Waals surface area contributed by atoms with Crippen LogP contribution in [0.2, 0.25) is 0 Å². The first-order chi connectivity index (χ1) is 11.0. The SMILES string of the molecule is O=C(O)C1CCCN1S(=O)(=O)N1CCC(c2ccccc2)CC1. The Morgan fingerprint density at radius 2 is 1.70 bits per heavy atom. The lowest BCUT2D eigenvalue weighted by Gasteiger charge is -2.35. The summed E-state index contributed by atoms with van der Waals surface area (Å²) in [6.45, 7) is 1.20. The Labute approximate surface area is 136 Å². The number of carbonyl (C=O) groups is 1. The van der Waals surface area contributed by atoms with Gasteiger partial charge in [-0.1, -0.05) is 30.3 Å². The van der Waals surface area contributed by atoms with Crippen LogP contribution >= 0.6 is 0 Å². The molecule has 0 aromatic heterocycles. The van der Waals surface area contributed by atoms with E-state index in [2.05, 4.69) is 12.1 Å². The summed E-state index contributed by atoms with van der Waals surface area (Å²) in [5.41, 5.74) is 1.24. The summed E-state index contributed by atoms with van der Waals surface area (Å²) in [4.78, 5) is 11.3. The van der Waals surface area contributed by atoms with Crippen molar-refractivity contribution in [2.75, 3.05) is 19.6 Å². The van der Waals surface area contributed by atoms with Crippen LogP contribution in [-0.4, -0.2) is 53.8 Å². The van der Waals surface area contributed by atoms with Crippen molar-refractivity contribution in [1.29, 1.82) is 0 Å². The van der Waals surface area contributed by atoms with Crippen molar-refractivity contribution in [2.45, 2.75) is 37.6 Å². The average Bonchev–Trinajstić information content (AvgIpc) is 3.07. The lowest BCUT2D eigenvalue weighted by atomic mass is 9.90. The fourth-order valence-electron chi connectivity index (χ4n) is 3.56. The van der Waals surface area contributed by atoms with Gasteiger partial charge in [0.15, 0.2) is 0 Å². The van der Waals surface area contributed by atoms with Crippen LogP contribution in [0.1, 0.15) is 37.2 Å². The van der Waals surface area contributed by atoms with Gasteiger partial charge in [0.25, 0.3) is 10.2 Å². The summed E-state index contributed by atoms with van der Waals surface area (Å²) in [7, 11) is -3.68. The van der Waals surface area contributed by atoms with Crippen molar-refractivity contribution in [3.05, 3.63) is 35.9 Å². The number of aliphatic carboxylic acids is 1. The maximum Gasteiger partial charge on any atom is 0.322 e. The first-order valence-corrected chi connectivity index (χ1v) is 9.44. The lowest BCUT2D eigenvalue weighted by Crippen LogP contribution is -2.50. The van der Waals surface area contributed by atoms with Gasteiger partial charge >= 0.3 is 5.97 Å². The molecule has 7 heteroatoms. The summed E-state index contributed by atoms with van der Waals surface area (Å²) < 4.78 is 28.1.